The van der Waals surface area contributed by atoms with Crippen LogP contribution < -0.4 is 5.32 Å². The summed E-state index contributed by atoms with van der Waals surface area (Å²) in [4.78, 5) is 0. The Morgan fingerprint density at radius 2 is 2.25 bits per heavy atom. The molecule has 0 fully saturated rings. The Hall–Kier alpha value is -1.97. The van der Waals surface area contributed by atoms with E-state index in [9.17, 15) is 5.11 Å². The second-order valence-corrected chi connectivity index (χ2v) is 3.78. The molecule has 0 aliphatic rings. The molecule has 2 aromatic rings. The summed E-state index contributed by atoms with van der Waals surface area (Å²) in [5, 5.41) is 16.7. The molecule has 0 saturated heterocycles. The van der Waals surface area contributed by atoms with E-state index in [-0.39, 0.29) is 5.75 Å². The van der Waals surface area contributed by atoms with Crippen LogP contribution in [0.4, 0.5) is 5.69 Å². The van der Waals surface area contributed by atoms with Gasteiger partial charge in [-0.05, 0) is 19.1 Å². The molecule has 84 valence electrons. The summed E-state index contributed by atoms with van der Waals surface area (Å²) in [7, 11) is 1.92. The predicted octanol–water partition coefficient (Wildman–Crippen LogP) is 2.05. The molecular weight excluding hydrogens is 202 g/mol. The molecule has 0 bridgehead atoms. The van der Waals surface area contributed by atoms with Crippen LogP contribution in [0.15, 0.2) is 30.5 Å². The second kappa shape index (κ2) is 4.26. The summed E-state index contributed by atoms with van der Waals surface area (Å²) in [6.45, 7) is 2.75. The highest BCUT2D eigenvalue weighted by atomic mass is 16.3. The van der Waals surface area contributed by atoms with E-state index in [1.54, 1.807) is 12.1 Å². The van der Waals surface area contributed by atoms with Gasteiger partial charge >= 0.3 is 0 Å². The van der Waals surface area contributed by atoms with Gasteiger partial charge in [0.2, 0.25) is 0 Å². The van der Waals surface area contributed by atoms with Crippen molar-refractivity contribution in [2.75, 3.05) is 5.32 Å². The van der Waals surface area contributed by atoms with Crippen LogP contribution in [-0.2, 0) is 13.6 Å². The third-order valence-electron chi connectivity index (χ3n) is 2.67. The van der Waals surface area contributed by atoms with Gasteiger partial charge < -0.3 is 10.4 Å². The van der Waals surface area contributed by atoms with Gasteiger partial charge in [-0.1, -0.05) is 6.07 Å². The van der Waals surface area contributed by atoms with Crippen LogP contribution in [0.25, 0.3) is 0 Å². The van der Waals surface area contributed by atoms with Gasteiger partial charge in [-0.25, -0.2) is 0 Å². The fraction of sp³-hybridized carbons (Fsp3) is 0.250. The highest BCUT2D eigenvalue weighted by Crippen LogP contribution is 2.16. The smallest absolute Gasteiger partial charge is 0.117 e. The predicted molar refractivity (Wildman–Crippen MR) is 63.4 cm³/mol. The molecule has 4 heteroatoms. The van der Waals surface area contributed by atoms with Crippen LogP contribution in [0.2, 0.25) is 0 Å². The van der Waals surface area contributed by atoms with E-state index in [1.165, 1.54) is 0 Å². The molecule has 16 heavy (non-hydrogen) atoms. The van der Waals surface area contributed by atoms with Gasteiger partial charge in [0.05, 0.1) is 6.20 Å². The fourth-order valence-corrected chi connectivity index (χ4v) is 1.53. The number of aromatic nitrogens is 2. The number of anilines is 1. The average Bonchev–Trinajstić information content (AvgIpc) is 2.57. The van der Waals surface area contributed by atoms with E-state index in [1.807, 2.05) is 37.0 Å². The molecule has 0 amide bonds. The molecule has 0 atom stereocenters. The molecule has 0 spiro atoms. The Kier molecular flexibility index (Phi) is 2.81. The van der Waals surface area contributed by atoms with Gasteiger partial charge in [0.25, 0.3) is 0 Å². The van der Waals surface area contributed by atoms with Gasteiger partial charge in [0, 0.05) is 36.6 Å². The van der Waals surface area contributed by atoms with Crippen molar-refractivity contribution >= 4 is 5.69 Å². The third kappa shape index (κ3) is 2.16. The molecule has 0 unspecified atom stereocenters. The zero-order valence-electron chi connectivity index (χ0n) is 9.44. The Labute approximate surface area is 94.5 Å². The van der Waals surface area contributed by atoms with Crippen molar-refractivity contribution in [1.82, 2.24) is 9.78 Å². The zero-order valence-corrected chi connectivity index (χ0v) is 9.44. The maximum absolute atomic E-state index is 9.31. The molecule has 2 N–H and O–H groups in total. The van der Waals surface area contributed by atoms with E-state index in [4.69, 9.17) is 0 Å². The maximum atomic E-state index is 9.31. The lowest BCUT2D eigenvalue weighted by Gasteiger charge is -2.06. The van der Waals surface area contributed by atoms with E-state index in [0.29, 0.717) is 6.54 Å². The number of rotatable bonds is 3. The molecule has 1 aromatic heterocycles. The van der Waals surface area contributed by atoms with Crippen LogP contribution in [0.1, 0.15) is 11.3 Å². The van der Waals surface area contributed by atoms with Crippen molar-refractivity contribution in [2.45, 2.75) is 13.5 Å². The van der Waals surface area contributed by atoms with Crippen LogP contribution in [0, 0.1) is 6.92 Å². The first-order valence-electron chi connectivity index (χ1n) is 5.17. The minimum absolute atomic E-state index is 0.271. The number of hydrogen-bond donors (Lipinski definition) is 2. The molecule has 0 radical (unpaired) electrons. The summed E-state index contributed by atoms with van der Waals surface area (Å²) < 4.78 is 1.85. The summed E-state index contributed by atoms with van der Waals surface area (Å²) in [6.07, 6.45) is 1.85. The highest BCUT2D eigenvalue weighted by Gasteiger charge is 2.02. The Balaban J connectivity index is 2.05. The zero-order chi connectivity index (χ0) is 11.5. The Morgan fingerprint density at radius 1 is 1.44 bits per heavy atom. The van der Waals surface area contributed by atoms with Gasteiger partial charge in [-0.15, -0.1) is 0 Å². The molecule has 4 nitrogen and oxygen atoms in total. The van der Waals surface area contributed by atoms with E-state index < -0.39 is 0 Å². The number of benzene rings is 1. The van der Waals surface area contributed by atoms with E-state index in [2.05, 4.69) is 10.4 Å². The minimum atomic E-state index is 0.271. The SMILES string of the molecule is Cc1c(CNc2cccc(O)c2)cnn1C. The number of nitrogens with zero attached hydrogens (tertiary/aromatic N) is 2. The summed E-state index contributed by atoms with van der Waals surface area (Å²) in [5.41, 5.74) is 3.21. The highest BCUT2D eigenvalue weighted by molar-refractivity contribution is 5.48. The van der Waals surface area contributed by atoms with Gasteiger partial charge in [-0.3, -0.25) is 4.68 Å². The Bertz CT molecular complexity index is 491. The lowest BCUT2D eigenvalue weighted by Crippen LogP contribution is -2.01. The largest absolute Gasteiger partial charge is 0.508 e. The number of aromatic hydroxyl groups is 1. The molecule has 0 aliphatic carbocycles. The minimum Gasteiger partial charge on any atom is -0.508 e. The van der Waals surface area contributed by atoms with E-state index >= 15 is 0 Å². The number of nitrogens with one attached hydrogen (secondary N) is 1. The third-order valence-corrected chi connectivity index (χ3v) is 2.67. The molecule has 0 saturated carbocycles. The van der Waals surface area contributed by atoms with Crippen LogP contribution in [0.3, 0.4) is 0 Å². The lowest BCUT2D eigenvalue weighted by molar-refractivity contribution is 0.475. The van der Waals surface area contributed by atoms with Gasteiger partial charge in [0.15, 0.2) is 0 Å². The molecule has 1 aromatic carbocycles. The van der Waals surface area contributed by atoms with Crippen molar-refractivity contribution in [3.8, 4) is 5.75 Å². The number of aryl methyl sites for hydroxylation is 1. The number of hydrogen-bond acceptors (Lipinski definition) is 3. The summed E-state index contributed by atoms with van der Waals surface area (Å²) >= 11 is 0. The first-order valence-corrected chi connectivity index (χ1v) is 5.17. The topological polar surface area (TPSA) is 50.1 Å². The fourth-order valence-electron chi connectivity index (χ4n) is 1.53. The first-order chi connectivity index (χ1) is 7.66. The summed E-state index contributed by atoms with van der Waals surface area (Å²) in [5.74, 6) is 0.271. The van der Waals surface area contributed by atoms with Crippen LogP contribution in [0.5, 0.6) is 5.75 Å². The van der Waals surface area contributed by atoms with Crippen molar-refractivity contribution in [3.63, 3.8) is 0 Å². The van der Waals surface area contributed by atoms with Crippen molar-refractivity contribution in [1.29, 1.82) is 0 Å². The quantitative estimate of drug-likeness (QED) is 0.827. The van der Waals surface area contributed by atoms with Gasteiger partial charge in [-0.2, -0.15) is 5.10 Å². The van der Waals surface area contributed by atoms with Crippen LogP contribution >= 0.6 is 0 Å². The summed E-state index contributed by atoms with van der Waals surface area (Å²) in [6, 6.07) is 7.09. The molecule has 2 rings (SSSR count). The van der Waals surface area contributed by atoms with Crippen molar-refractivity contribution in [3.05, 3.63) is 41.7 Å². The molecule has 1 heterocycles. The monoisotopic (exact) mass is 217 g/mol. The van der Waals surface area contributed by atoms with Crippen LogP contribution in [-0.4, -0.2) is 14.9 Å². The maximum Gasteiger partial charge on any atom is 0.117 e. The standard InChI is InChI=1S/C12H15N3O/c1-9-10(8-14-15(9)2)7-13-11-4-3-5-12(16)6-11/h3-6,8,13,16H,7H2,1-2H3. The van der Waals surface area contributed by atoms with E-state index in [0.717, 1.165) is 16.9 Å². The first kappa shape index (κ1) is 10.5. The second-order valence-electron chi connectivity index (χ2n) is 3.78. The Morgan fingerprint density at radius 3 is 2.88 bits per heavy atom. The number of phenols is 1. The van der Waals surface area contributed by atoms with Crippen molar-refractivity contribution in [2.24, 2.45) is 7.05 Å². The average molecular weight is 217 g/mol. The lowest BCUT2D eigenvalue weighted by atomic mass is 10.2. The van der Waals surface area contributed by atoms with Gasteiger partial charge in [0.1, 0.15) is 5.75 Å². The molecular formula is C12H15N3O. The number of phenolic OH excluding ortho intramolecular Hbond substituents is 1. The molecule has 0 aliphatic heterocycles. The normalized spacial score (nSPS) is 10.4. The van der Waals surface area contributed by atoms with Crippen molar-refractivity contribution < 1.29 is 5.11 Å².